The standard InChI is InChI=1S/C16H25ClFN/c1-11(2)13(10-19-16(3,4)5)8-12-9-14(17)6-7-15(12)18/h6-7,9,11,13,19H,8,10H2,1-5H3. The van der Waals surface area contributed by atoms with Gasteiger partial charge in [0.1, 0.15) is 5.82 Å². The van der Waals surface area contributed by atoms with Gasteiger partial charge in [-0.1, -0.05) is 25.4 Å². The van der Waals surface area contributed by atoms with Crippen molar-refractivity contribution in [3.8, 4) is 0 Å². The Morgan fingerprint density at radius 1 is 1.26 bits per heavy atom. The predicted octanol–water partition coefficient (Wildman–Crippen LogP) is 4.68. The van der Waals surface area contributed by atoms with Crippen LogP contribution < -0.4 is 5.32 Å². The molecule has 0 saturated carbocycles. The minimum atomic E-state index is -0.161. The molecule has 0 aliphatic carbocycles. The van der Waals surface area contributed by atoms with Crippen LogP contribution in [0.2, 0.25) is 5.02 Å². The topological polar surface area (TPSA) is 12.0 Å². The summed E-state index contributed by atoms with van der Waals surface area (Å²) in [7, 11) is 0. The number of hydrogen-bond donors (Lipinski definition) is 1. The first-order valence-corrected chi connectivity index (χ1v) is 7.26. The van der Waals surface area contributed by atoms with Crippen LogP contribution in [0.5, 0.6) is 0 Å². The highest BCUT2D eigenvalue weighted by Gasteiger charge is 2.19. The minimum Gasteiger partial charge on any atom is -0.312 e. The van der Waals surface area contributed by atoms with Crippen molar-refractivity contribution in [2.45, 2.75) is 46.6 Å². The largest absolute Gasteiger partial charge is 0.312 e. The van der Waals surface area contributed by atoms with E-state index >= 15 is 0 Å². The summed E-state index contributed by atoms with van der Waals surface area (Å²) in [6.45, 7) is 11.7. The molecular formula is C16H25ClFN. The van der Waals surface area contributed by atoms with Crippen molar-refractivity contribution in [1.82, 2.24) is 5.32 Å². The van der Waals surface area contributed by atoms with E-state index in [1.807, 2.05) is 0 Å². The molecule has 0 heterocycles. The van der Waals surface area contributed by atoms with Crippen LogP contribution in [0.15, 0.2) is 18.2 Å². The van der Waals surface area contributed by atoms with E-state index in [1.165, 1.54) is 6.07 Å². The molecule has 0 aromatic heterocycles. The van der Waals surface area contributed by atoms with Gasteiger partial charge in [0.25, 0.3) is 0 Å². The molecule has 1 rings (SSSR count). The first-order chi connectivity index (χ1) is 8.69. The third-order valence-corrected chi connectivity index (χ3v) is 3.56. The lowest BCUT2D eigenvalue weighted by molar-refractivity contribution is 0.310. The molecule has 19 heavy (non-hydrogen) atoms. The molecule has 3 heteroatoms. The average Bonchev–Trinajstić information content (AvgIpc) is 2.27. The van der Waals surface area contributed by atoms with E-state index in [0.29, 0.717) is 28.8 Å². The molecule has 0 amide bonds. The quantitative estimate of drug-likeness (QED) is 0.828. The van der Waals surface area contributed by atoms with Gasteiger partial charge in [0.15, 0.2) is 0 Å². The van der Waals surface area contributed by atoms with Crippen molar-refractivity contribution < 1.29 is 4.39 Å². The molecule has 1 nitrogen and oxygen atoms in total. The van der Waals surface area contributed by atoms with Gasteiger partial charge in [-0.3, -0.25) is 0 Å². The third kappa shape index (κ3) is 5.92. The van der Waals surface area contributed by atoms with Gasteiger partial charge in [-0.05, 0) is 69.3 Å². The van der Waals surface area contributed by atoms with Gasteiger partial charge >= 0.3 is 0 Å². The molecule has 108 valence electrons. The van der Waals surface area contributed by atoms with Crippen molar-refractivity contribution in [3.63, 3.8) is 0 Å². The van der Waals surface area contributed by atoms with Crippen molar-refractivity contribution in [2.75, 3.05) is 6.54 Å². The van der Waals surface area contributed by atoms with Gasteiger partial charge in [0.05, 0.1) is 0 Å². The van der Waals surface area contributed by atoms with Crippen LogP contribution in [-0.4, -0.2) is 12.1 Å². The number of rotatable bonds is 5. The Morgan fingerprint density at radius 3 is 2.42 bits per heavy atom. The SMILES string of the molecule is CC(C)C(CNC(C)(C)C)Cc1cc(Cl)ccc1F. The molecule has 0 aliphatic heterocycles. The van der Waals surface area contributed by atoms with E-state index in [0.717, 1.165) is 6.54 Å². The molecular weight excluding hydrogens is 261 g/mol. The van der Waals surface area contributed by atoms with Gasteiger partial charge < -0.3 is 5.32 Å². The first kappa shape index (κ1) is 16.5. The fraction of sp³-hybridized carbons (Fsp3) is 0.625. The summed E-state index contributed by atoms with van der Waals surface area (Å²) in [4.78, 5) is 0. The lowest BCUT2D eigenvalue weighted by atomic mass is 9.88. The molecule has 0 aliphatic rings. The summed E-state index contributed by atoms with van der Waals surface area (Å²) in [5, 5.41) is 4.10. The van der Waals surface area contributed by atoms with Crippen LogP contribution in [0.3, 0.4) is 0 Å². The second-order valence-corrected chi connectivity index (χ2v) is 7.01. The van der Waals surface area contributed by atoms with E-state index in [2.05, 4.69) is 39.9 Å². The van der Waals surface area contributed by atoms with Gasteiger partial charge in [-0.25, -0.2) is 4.39 Å². The Morgan fingerprint density at radius 2 is 1.89 bits per heavy atom. The maximum Gasteiger partial charge on any atom is 0.126 e. The molecule has 0 spiro atoms. The molecule has 1 N–H and O–H groups in total. The number of benzene rings is 1. The van der Waals surface area contributed by atoms with Crippen LogP contribution in [0.4, 0.5) is 4.39 Å². The maximum atomic E-state index is 13.8. The molecule has 0 saturated heterocycles. The van der Waals surface area contributed by atoms with Crippen LogP contribution >= 0.6 is 11.6 Å². The van der Waals surface area contributed by atoms with Crippen molar-refractivity contribution in [1.29, 1.82) is 0 Å². The molecule has 0 radical (unpaired) electrons. The Balaban J connectivity index is 2.75. The lowest BCUT2D eigenvalue weighted by Gasteiger charge is -2.27. The molecule has 0 fully saturated rings. The monoisotopic (exact) mass is 285 g/mol. The zero-order valence-electron chi connectivity index (χ0n) is 12.6. The van der Waals surface area contributed by atoms with Crippen molar-refractivity contribution in [2.24, 2.45) is 11.8 Å². The molecule has 1 aromatic rings. The van der Waals surface area contributed by atoms with E-state index in [-0.39, 0.29) is 11.4 Å². The van der Waals surface area contributed by atoms with Gasteiger partial charge in [0.2, 0.25) is 0 Å². The van der Waals surface area contributed by atoms with E-state index in [4.69, 9.17) is 11.6 Å². The number of halogens is 2. The zero-order valence-corrected chi connectivity index (χ0v) is 13.3. The van der Waals surface area contributed by atoms with E-state index in [1.54, 1.807) is 12.1 Å². The number of hydrogen-bond acceptors (Lipinski definition) is 1. The Labute approximate surface area is 121 Å². The van der Waals surface area contributed by atoms with Gasteiger partial charge in [-0.15, -0.1) is 0 Å². The zero-order chi connectivity index (χ0) is 14.6. The minimum absolute atomic E-state index is 0.0834. The number of nitrogens with one attached hydrogen (secondary N) is 1. The lowest BCUT2D eigenvalue weighted by Crippen LogP contribution is -2.40. The summed E-state index contributed by atoms with van der Waals surface area (Å²) in [6.07, 6.45) is 0.715. The van der Waals surface area contributed by atoms with E-state index < -0.39 is 0 Å². The summed E-state index contributed by atoms with van der Waals surface area (Å²) in [5.41, 5.74) is 0.793. The second kappa shape index (κ2) is 6.71. The highest BCUT2D eigenvalue weighted by molar-refractivity contribution is 6.30. The Kier molecular flexibility index (Phi) is 5.82. The fourth-order valence-corrected chi connectivity index (χ4v) is 2.16. The van der Waals surface area contributed by atoms with Crippen LogP contribution in [0.25, 0.3) is 0 Å². The third-order valence-electron chi connectivity index (χ3n) is 3.33. The molecule has 1 atom stereocenters. The summed E-state index contributed by atoms with van der Waals surface area (Å²) in [6, 6.07) is 4.79. The molecule has 1 aromatic carbocycles. The molecule has 1 unspecified atom stereocenters. The summed E-state index contributed by atoms with van der Waals surface area (Å²) < 4.78 is 13.8. The average molecular weight is 286 g/mol. The van der Waals surface area contributed by atoms with E-state index in [9.17, 15) is 4.39 Å². The smallest absolute Gasteiger partial charge is 0.126 e. The normalized spacial score (nSPS) is 13.9. The van der Waals surface area contributed by atoms with Crippen LogP contribution in [-0.2, 0) is 6.42 Å². The first-order valence-electron chi connectivity index (χ1n) is 6.88. The van der Waals surface area contributed by atoms with Gasteiger partial charge in [0, 0.05) is 10.6 Å². The highest BCUT2D eigenvalue weighted by atomic mass is 35.5. The van der Waals surface area contributed by atoms with Crippen molar-refractivity contribution >= 4 is 11.6 Å². The predicted molar refractivity (Wildman–Crippen MR) is 81.2 cm³/mol. The van der Waals surface area contributed by atoms with Crippen LogP contribution in [0, 0.1) is 17.7 Å². The second-order valence-electron chi connectivity index (χ2n) is 6.57. The molecule has 0 bridgehead atoms. The fourth-order valence-electron chi connectivity index (χ4n) is 1.96. The summed E-state index contributed by atoms with van der Waals surface area (Å²) >= 11 is 5.95. The summed E-state index contributed by atoms with van der Waals surface area (Å²) in [5.74, 6) is 0.728. The van der Waals surface area contributed by atoms with Gasteiger partial charge in [-0.2, -0.15) is 0 Å². The van der Waals surface area contributed by atoms with Crippen molar-refractivity contribution in [3.05, 3.63) is 34.6 Å². The van der Waals surface area contributed by atoms with Crippen LogP contribution in [0.1, 0.15) is 40.2 Å². The Bertz CT molecular complexity index is 410. The highest BCUT2D eigenvalue weighted by Crippen LogP contribution is 2.22. The Hall–Kier alpha value is -0.600. The maximum absolute atomic E-state index is 13.8.